The lowest BCUT2D eigenvalue weighted by Crippen LogP contribution is -2.49. The summed E-state index contributed by atoms with van der Waals surface area (Å²) in [7, 11) is 0. The van der Waals surface area contributed by atoms with E-state index >= 15 is 0 Å². The van der Waals surface area contributed by atoms with Crippen molar-refractivity contribution in [2.45, 2.75) is 6.92 Å². The Labute approximate surface area is 150 Å². The number of carbonyl (C=O) groups excluding carboxylic acids is 1. The third-order valence-corrected chi connectivity index (χ3v) is 4.13. The smallest absolute Gasteiger partial charge is 0.269 e. The summed E-state index contributed by atoms with van der Waals surface area (Å²) in [6, 6.07) is 9.31. The van der Waals surface area contributed by atoms with Gasteiger partial charge in [0.1, 0.15) is 0 Å². The molecule has 26 heavy (non-hydrogen) atoms. The van der Waals surface area contributed by atoms with E-state index in [1.807, 2.05) is 13.0 Å². The summed E-state index contributed by atoms with van der Waals surface area (Å²) >= 11 is 0. The molecule has 0 spiro atoms. The summed E-state index contributed by atoms with van der Waals surface area (Å²) in [5.41, 5.74) is 0.422. The molecule has 136 valence electrons. The van der Waals surface area contributed by atoms with Gasteiger partial charge in [-0.15, -0.1) is 10.2 Å². The lowest BCUT2D eigenvalue weighted by molar-refractivity contribution is -0.384. The molecule has 1 aliphatic heterocycles. The third-order valence-electron chi connectivity index (χ3n) is 4.13. The molecular weight excluding hydrogens is 338 g/mol. The van der Waals surface area contributed by atoms with E-state index < -0.39 is 4.92 Å². The number of hydrogen-bond acceptors (Lipinski definition) is 7. The van der Waals surface area contributed by atoms with Crippen LogP contribution in [0.1, 0.15) is 17.3 Å². The predicted octanol–water partition coefficient (Wildman–Crippen LogP) is 1.75. The van der Waals surface area contributed by atoms with E-state index in [9.17, 15) is 14.9 Å². The van der Waals surface area contributed by atoms with Crippen molar-refractivity contribution < 1.29 is 14.5 Å². The molecule has 9 heteroatoms. The van der Waals surface area contributed by atoms with Gasteiger partial charge in [0.15, 0.2) is 5.82 Å². The highest BCUT2D eigenvalue weighted by atomic mass is 16.6. The standard InChI is InChI=1S/C17H19N5O4/c1-2-26-16-8-7-15(18-19-16)20-9-11-21(12-10-20)17(23)13-3-5-14(6-4-13)22(24)25/h3-8H,2,9-12H2,1H3. The number of aromatic nitrogens is 2. The number of nitrogens with zero attached hydrogens (tertiary/aromatic N) is 5. The average Bonchev–Trinajstić information content (AvgIpc) is 2.68. The van der Waals surface area contributed by atoms with Crippen LogP contribution >= 0.6 is 0 Å². The molecule has 0 saturated carbocycles. The average molecular weight is 357 g/mol. The zero-order valence-electron chi connectivity index (χ0n) is 14.4. The normalized spacial score (nSPS) is 14.2. The van der Waals surface area contributed by atoms with E-state index in [1.165, 1.54) is 24.3 Å². The van der Waals surface area contributed by atoms with Crippen LogP contribution in [0.5, 0.6) is 5.88 Å². The van der Waals surface area contributed by atoms with Gasteiger partial charge in [0.25, 0.3) is 11.6 Å². The second-order valence-corrected chi connectivity index (χ2v) is 5.75. The lowest BCUT2D eigenvalue weighted by Gasteiger charge is -2.35. The summed E-state index contributed by atoms with van der Waals surface area (Å²) in [6.07, 6.45) is 0. The van der Waals surface area contributed by atoms with Crippen molar-refractivity contribution >= 4 is 17.4 Å². The van der Waals surface area contributed by atoms with E-state index in [4.69, 9.17) is 4.74 Å². The third kappa shape index (κ3) is 3.88. The van der Waals surface area contributed by atoms with Crippen LogP contribution in [0.4, 0.5) is 11.5 Å². The fourth-order valence-electron chi connectivity index (χ4n) is 2.75. The van der Waals surface area contributed by atoms with Crippen LogP contribution in [0.2, 0.25) is 0 Å². The van der Waals surface area contributed by atoms with Crippen LogP contribution in [-0.2, 0) is 0 Å². The molecule has 0 atom stereocenters. The number of ether oxygens (including phenoxy) is 1. The van der Waals surface area contributed by atoms with Crippen LogP contribution in [0.3, 0.4) is 0 Å². The van der Waals surface area contributed by atoms with E-state index in [-0.39, 0.29) is 11.6 Å². The first-order valence-electron chi connectivity index (χ1n) is 8.33. The number of hydrogen-bond donors (Lipinski definition) is 0. The molecule has 9 nitrogen and oxygen atoms in total. The first-order valence-corrected chi connectivity index (χ1v) is 8.33. The van der Waals surface area contributed by atoms with Crippen molar-refractivity contribution in [1.29, 1.82) is 0 Å². The van der Waals surface area contributed by atoms with E-state index in [1.54, 1.807) is 11.0 Å². The van der Waals surface area contributed by atoms with Crippen LogP contribution in [-0.4, -0.2) is 58.7 Å². The van der Waals surface area contributed by atoms with Gasteiger partial charge in [0.05, 0.1) is 11.5 Å². The zero-order valence-corrected chi connectivity index (χ0v) is 14.4. The highest BCUT2D eigenvalue weighted by molar-refractivity contribution is 5.94. The Balaban J connectivity index is 1.59. The minimum atomic E-state index is -0.481. The molecule has 0 radical (unpaired) electrons. The van der Waals surface area contributed by atoms with E-state index in [2.05, 4.69) is 15.1 Å². The summed E-state index contributed by atoms with van der Waals surface area (Å²) < 4.78 is 5.28. The maximum absolute atomic E-state index is 12.5. The molecule has 1 amide bonds. The molecule has 0 bridgehead atoms. The van der Waals surface area contributed by atoms with Crippen molar-refractivity contribution in [2.24, 2.45) is 0 Å². The number of benzene rings is 1. The fourth-order valence-corrected chi connectivity index (χ4v) is 2.75. The number of non-ortho nitro benzene ring substituents is 1. The van der Waals surface area contributed by atoms with Crippen LogP contribution in [0.25, 0.3) is 0 Å². The Morgan fingerprint density at radius 3 is 2.35 bits per heavy atom. The number of anilines is 1. The van der Waals surface area contributed by atoms with Crippen LogP contribution in [0, 0.1) is 10.1 Å². The molecule has 1 fully saturated rings. The molecule has 1 aromatic carbocycles. The van der Waals surface area contributed by atoms with Gasteiger partial charge in [-0.3, -0.25) is 14.9 Å². The minimum Gasteiger partial charge on any atom is -0.477 e. The van der Waals surface area contributed by atoms with Gasteiger partial charge in [0, 0.05) is 49.9 Å². The van der Waals surface area contributed by atoms with Gasteiger partial charge in [-0.25, -0.2) is 0 Å². The molecule has 1 saturated heterocycles. The fraction of sp³-hybridized carbons (Fsp3) is 0.353. The summed E-state index contributed by atoms with van der Waals surface area (Å²) in [5, 5.41) is 18.9. The minimum absolute atomic E-state index is 0.0274. The lowest BCUT2D eigenvalue weighted by atomic mass is 10.1. The topological polar surface area (TPSA) is 102 Å². The number of carbonyl (C=O) groups is 1. The molecule has 0 unspecified atom stereocenters. The Morgan fingerprint density at radius 2 is 1.81 bits per heavy atom. The van der Waals surface area contributed by atoms with Crippen molar-refractivity contribution in [2.75, 3.05) is 37.7 Å². The molecule has 0 N–H and O–H groups in total. The number of rotatable bonds is 5. The summed E-state index contributed by atoms with van der Waals surface area (Å²) in [6.45, 7) is 4.80. The largest absolute Gasteiger partial charge is 0.477 e. The van der Waals surface area contributed by atoms with Crippen molar-refractivity contribution in [3.8, 4) is 5.88 Å². The molecular formula is C17H19N5O4. The van der Waals surface area contributed by atoms with Gasteiger partial charge >= 0.3 is 0 Å². The van der Waals surface area contributed by atoms with Crippen LogP contribution < -0.4 is 9.64 Å². The highest BCUT2D eigenvalue weighted by Crippen LogP contribution is 2.18. The van der Waals surface area contributed by atoms with Gasteiger partial charge in [-0.05, 0) is 25.1 Å². The van der Waals surface area contributed by atoms with Gasteiger partial charge in [0.2, 0.25) is 5.88 Å². The summed E-state index contributed by atoms with van der Waals surface area (Å²) in [4.78, 5) is 26.5. The molecule has 3 rings (SSSR count). The molecule has 2 heterocycles. The number of piperazine rings is 1. The van der Waals surface area contributed by atoms with E-state index in [0.29, 0.717) is 44.2 Å². The molecule has 1 aliphatic rings. The van der Waals surface area contributed by atoms with Crippen LogP contribution in [0.15, 0.2) is 36.4 Å². The van der Waals surface area contributed by atoms with Gasteiger partial charge < -0.3 is 14.5 Å². The van der Waals surface area contributed by atoms with Crippen molar-refractivity contribution in [3.05, 3.63) is 52.1 Å². The van der Waals surface area contributed by atoms with E-state index in [0.717, 1.165) is 5.82 Å². The Kier molecular flexibility index (Phi) is 5.26. The van der Waals surface area contributed by atoms with Gasteiger partial charge in [-0.2, -0.15) is 0 Å². The number of amides is 1. The second kappa shape index (κ2) is 7.77. The predicted molar refractivity (Wildman–Crippen MR) is 94.4 cm³/mol. The molecule has 0 aliphatic carbocycles. The monoisotopic (exact) mass is 357 g/mol. The maximum atomic E-state index is 12.5. The first kappa shape index (κ1) is 17.6. The summed E-state index contributed by atoms with van der Waals surface area (Å²) in [5.74, 6) is 1.11. The zero-order chi connectivity index (χ0) is 18.5. The van der Waals surface area contributed by atoms with Crippen molar-refractivity contribution in [1.82, 2.24) is 15.1 Å². The van der Waals surface area contributed by atoms with Gasteiger partial charge in [-0.1, -0.05) is 0 Å². The highest BCUT2D eigenvalue weighted by Gasteiger charge is 2.23. The SMILES string of the molecule is CCOc1ccc(N2CCN(C(=O)c3ccc([N+](=O)[O-])cc3)CC2)nn1. The number of nitro benzene ring substituents is 1. The maximum Gasteiger partial charge on any atom is 0.269 e. The first-order chi connectivity index (χ1) is 12.6. The Bertz CT molecular complexity index is 771. The second-order valence-electron chi connectivity index (χ2n) is 5.75. The Morgan fingerprint density at radius 1 is 1.12 bits per heavy atom. The van der Waals surface area contributed by atoms with Crippen molar-refractivity contribution in [3.63, 3.8) is 0 Å². The molecule has 1 aromatic heterocycles. The molecule has 2 aromatic rings. The number of nitro groups is 1. The Hall–Kier alpha value is -3.23. The quantitative estimate of drug-likeness (QED) is 0.593.